The van der Waals surface area contributed by atoms with Crippen molar-refractivity contribution in [3.8, 4) is 0 Å². The van der Waals surface area contributed by atoms with Crippen molar-refractivity contribution in [2.45, 2.75) is 39.4 Å². The van der Waals surface area contributed by atoms with Gasteiger partial charge < -0.3 is 15.3 Å². The topological polar surface area (TPSA) is 77.8 Å². The molecular formula is C7H16O4. The number of carboxylic acids is 1. The molecule has 0 unspecified atom stereocenters. The summed E-state index contributed by atoms with van der Waals surface area (Å²) in [4.78, 5) is 9.37. The molecule has 3 N–H and O–H groups in total. The Bertz CT molecular complexity index is 90.4. The number of aliphatic hydroxyl groups excluding tert-OH is 1. The Balaban J connectivity index is 0. The zero-order chi connectivity index (χ0) is 9.28. The normalized spacial score (nSPS) is 8.82. The molecule has 0 saturated heterocycles. The van der Waals surface area contributed by atoms with Crippen molar-refractivity contribution in [2.75, 3.05) is 0 Å². The summed E-state index contributed by atoms with van der Waals surface area (Å²) in [6, 6.07) is 0. The lowest BCUT2D eigenvalue weighted by Gasteiger charge is -1.94. The van der Waals surface area contributed by atoms with Crippen LogP contribution < -0.4 is 0 Å². The van der Waals surface area contributed by atoms with Crippen molar-refractivity contribution in [1.29, 1.82) is 0 Å². The maximum absolute atomic E-state index is 9.37. The van der Waals surface area contributed by atoms with Crippen LogP contribution in [0.4, 0.5) is 0 Å². The Hall–Kier alpha value is -0.610. The molecule has 0 heterocycles. The highest BCUT2D eigenvalue weighted by molar-refractivity contribution is 5.66. The summed E-state index contributed by atoms with van der Waals surface area (Å²) >= 11 is 0. The van der Waals surface area contributed by atoms with Crippen LogP contribution in [0.15, 0.2) is 0 Å². The first-order valence-electron chi connectivity index (χ1n) is 3.62. The minimum atomic E-state index is -1.10. The Labute approximate surface area is 66.5 Å². The smallest absolute Gasteiger partial charge is 0.303 e. The molecule has 0 spiro atoms. The summed E-state index contributed by atoms with van der Waals surface area (Å²) < 4.78 is 0. The maximum Gasteiger partial charge on any atom is 0.303 e. The fourth-order valence-electron chi connectivity index (χ4n) is 0.258. The number of hydrogen-bond acceptors (Lipinski definition) is 3. The molecule has 0 amide bonds. The zero-order valence-electron chi connectivity index (χ0n) is 6.95. The van der Waals surface area contributed by atoms with Crippen LogP contribution in [0.3, 0.4) is 0 Å². The summed E-state index contributed by atoms with van der Waals surface area (Å²) in [5.41, 5.74) is 0. The van der Waals surface area contributed by atoms with Crippen LogP contribution in [0, 0.1) is 0 Å². The Morgan fingerprint density at radius 1 is 1.36 bits per heavy atom. The fraction of sp³-hybridized carbons (Fsp3) is 0.857. The van der Waals surface area contributed by atoms with Gasteiger partial charge in [0.2, 0.25) is 0 Å². The molecule has 11 heavy (non-hydrogen) atoms. The second kappa shape index (κ2) is 9.39. The van der Waals surface area contributed by atoms with Crippen molar-refractivity contribution >= 4 is 5.97 Å². The zero-order valence-corrected chi connectivity index (χ0v) is 6.95. The van der Waals surface area contributed by atoms with Crippen LogP contribution >= 0.6 is 0 Å². The molecule has 0 bridgehead atoms. The first-order valence-corrected chi connectivity index (χ1v) is 3.62. The van der Waals surface area contributed by atoms with E-state index in [1.54, 1.807) is 6.92 Å². The van der Waals surface area contributed by atoms with Gasteiger partial charge in [-0.3, -0.25) is 4.79 Å². The number of hydrogen-bond donors (Lipinski definition) is 3. The predicted molar refractivity (Wildman–Crippen MR) is 41.1 cm³/mol. The van der Waals surface area contributed by atoms with E-state index in [9.17, 15) is 4.79 Å². The van der Waals surface area contributed by atoms with Gasteiger partial charge in [-0.1, -0.05) is 20.3 Å². The number of aliphatic carboxylic acids is 1. The minimum absolute atomic E-state index is 0.222. The SMILES string of the molecule is CCC(=O)O.CCCC(O)O. The first kappa shape index (κ1) is 13.0. The lowest BCUT2D eigenvalue weighted by molar-refractivity contribution is -0.136. The minimum Gasteiger partial charge on any atom is -0.481 e. The Morgan fingerprint density at radius 3 is 1.73 bits per heavy atom. The van der Waals surface area contributed by atoms with Crippen molar-refractivity contribution in [3.05, 3.63) is 0 Å². The molecule has 0 atom stereocenters. The van der Waals surface area contributed by atoms with Gasteiger partial charge in [0.25, 0.3) is 0 Å². The molecule has 0 rings (SSSR count). The highest BCUT2D eigenvalue weighted by Crippen LogP contribution is 1.88. The quantitative estimate of drug-likeness (QED) is 0.533. The molecule has 4 nitrogen and oxygen atoms in total. The average Bonchev–Trinajstić information content (AvgIpc) is 1.89. The van der Waals surface area contributed by atoms with Gasteiger partial charge in [0.15, 0.2) is 6.29 Å². The third kappa shape index (κ3) is 26.6. The van der Waals surface area contributed by atoms with Crippen molar-refractivity contribution in [2.24, 2.45) is 0 Å². The molecule has 0 aliphatic heterocycles. The lowest BCUT2D eigenvalue weighted by atomic mass is 10.3. The molecule has 68 valence electrons. The average molecular weight is 164 g/mol. The predicted octanol–water partition coefficient (Wildman–Crippen LogP) is 0.578. The number of rotatable bonds is 3. The molecule has 4 heteroatoms. The van der Waals surface area contributed by atoms with E-state index < -0.39 is 12.3 Å². The molecule has 0 aromatic carbocycles. The van der Waals surface area contributed by atoms with Crippen LogP contribution in [0.2, 0.25) is 0 Å². The molecular weight excluding hydrogens is 148 g/mol. The maximum atomic E-state index is 9.37. The number of carbonyl (C=O) groups is 1. The number of carboxylic acid groups (broad SMARTS) is 1. The van der Waals surface area contributed by atoms with Gasteiger partial charge in [-0.15, -0.1) is 0 Å². The fourth-order valence-corrected chi connectivity index (χ4v) is 0.258. The van der Waals surface area contributed by atoms with E-state index in [2.05, 4.69) is 0 Å². The molecule has 0 aliphatic rings. The van der Waals surface area contributed by atoms with Gasteiger partial charge in [0.05, 0.1) is 0 Å². The van der Waals surface area contributed by atoms with Crippen LogP contribution in [-0.4, -0.2) is 27.6 Å². The molecule has 0 aromatic rings. The lowest BCUT2D eigenvalue weighted by Crippen LogP contribution is -2.01. The van der Waals surface area contributed by atoms with Gasteiger partial charge in [0, 0.05) is 6.42 Å². The summed E-state index contributed by atoms with van der Waals surface area (Å²) in [7, 11) is 0. The molecule has 0 radical (unpaired) electrons. The standard InChI is InChI=1S/C4H10O2.C3H6O2/c1-2-3-4(5)6;1-2-3(4)5/h4-6H,2-3H2,1H3;2H2,1H3,(H,4,5). The van der Waals surface area contributed by atoms with Crippen molar-refractivity contribution < 1.29 is 20.1 Å². The van der Waals surface area contributed by atoms with E-state index in [0.29, 0.717) is 6.42 Å². The molecule has 0 aromatic heterocycles. The number of aliphatic hydroxyl groups is 2. The van der Waals surface area contributed by atoms with Gasteiger partial charge in [0.1, 0.15) is 0 Å². The van der Waals surface area contributed by atoms with Gasteiger partial charge in [-0.2, -0.15) is 0 Å². The van der Waals surface area contributed by atoms with E-state index >= 15 is 0 Å². The Morgan fingerprint density at radius 2 is 1.73 bits per heavy atom. The molecule has 0 saturated carbocycles. The van der Waals surface area contributed by atoms with E-state index in [1.165, 1.54) is 0 Å². The van der Waals surface area contributed by atoms with Crippen LogP contribution in [0.5, 0.6) is 0 Å². The van der Waals surface area contributed by atoms with E-state index in [-0.39, 0.29) is 6.42 Å². The van der Waals surface area contributed by atoms with Crippen LogP contribution in [0.1, 0.15) is 33.1 Å². The van der Waals surface area contributed by atoms with Crippen molar-refractivity contribution in [1.82, 2.24) is 0 Å². The second-order valence-electron chi connectivity index (χ2n) is 2.02. The highest BCUT2D eigenvalue weighted by atomic mass is 16.5. The van der Waals surface area contributed by atoms with Crippen molar-refractivity contribution in [3.63, 3.8) is 0 Å². The summed E-state index contributed by atoms with van der Waals surface area (Å²) in [5.74, 6) is -0.745. The summed E-state index contributed by atoms with van der Waals surface area (Å²) in [5, 5.41) is 23.9. The second-order valence-corrected chi connectivity index (χ2v) is 2.02. The van der Waals surface area contributed by atoms with E-state index in [0.717, 1.165) is 6.42 Å². The molecule has 0 aliphatic carbocycles. The Kier molecular flexibility index (Phi) is 11.1. The highest BCUT2D eigenvalue weighted by Gasteiger charge is 1.89. The van der Waals surface area contributed by atoms with Gasteiger partial charge >= 0.3 is 5.97 Å². The third-order valence-electron chi connectivity index (χ3n) is 0.849. The molecule has 0 fully saturated rings. The van der Waals surface area contributed by atoms with Gasteiger partial charge in [-0.25, -0.2) is 0 Å². The largest absolute Gasteiger partial charge is 0.481 e. The summed E-state index contributed by atoms with van der Waals surface area (Å²) in [6.07, 6.45) is 0.438. The van der Waals surface area contributed by atoms with E-state index in [1.807, 2.05) is 6.92 Å². The van der Waals surface area contributed by atoms with Gasteiger partial charge in [-0.05, 0) is 6.42 Å². The first-order chi connectivity index (χ1) is 5.04. The summed E-state index contributed by atoms with van der Waals surface area (Å²) in [6.45, 7) is 3.50. The van der Waals surface area contributed by atoms with Crippen LogP contribution in [-0.2, 0) is 4.79 Å². The van der Waals surface area contributed by atoms with E-state index in [4.69, 9.17) is 15.3 Å². The monoisotopic (exact) mass is 164 g/mol. The third-order valence-corrected chi connectivity index (χ3v) is 0.849. The van der Waals surface area contributed by atoms with Crippen LogP contribution in [0.25, 0.3) is 0 Å².